The molecule has 0 bridgehead atoms. The standard InChI is InChI=1S/C9H11N3O4S/c1-3-4-7(9(13)14)12-17(15,16)8-5-10-6(2)11-8/h1,5,7,12H,4H2,2H3,(H,10,11)(H,13,14). The van der Waals surface area contributed by atoms with E-state index < -0.39 is 22.0 Å². The van der Waals surface area contributed by atoms with Crippen molar-refractivity contribution in [2.24, 2.45) is 0 Å². The molecule has 0 fully saturated rings. The first-order valence-electron chi connectivity index (χ1n) is 4.57. The lowest BCUT2D eigenvalue weighted by atomic mass is 10.2. The van der Waals surface area contributed by atoms with Crippen molar-refractivity contribution in [1.82, 2.24) is 14.7 Å². The molecule has 0 saturated heterocycles. The highest BCUT2D eigenvalue weighted by Crippen LogP contribution is 2.06. The number of H-pyrrole nitrogens is 1. The molecular formula is C9H11N3O4S. The summed E-state index contributed by atoms with van der Waals surface area (Å²) in [5, 5.41) is 8.58. The van der Waals surface area contributed by atoms with Crippen molar-refractivity contribution in [3.63, 3.8) is 0 Å². The van der Waals surface area contributed by atoms with Gasteiger partial charge in [-0.1, -0.05) is 0 Å². The van der Waals surface area contributed by atoms with E-state index in [1.807, 2.05) is 4.72 Å². The summed E-state index contributed by atoms with van der Waals surface area (Å²) in [6.45, 7) is 1.58. The third-order valence-electron chi connectivity index (χ3n) is 1.89. The van der Waals surface area contributed by atoms with Crippen molar-refractivity contribution < 1.29 is 18.3 Å². The summed E-state index contributed by atoms with van der Waals surface area (Å²) < 4.78 is 25.4. The van der Waals surface area contributed by atoms with E-state index in [-0.39, 0.29) is 11.4 Å². The molecule has 17 heavy (non-hydrogen) atoms. The number of aryl methyl sites for hydroxylation is 1. The Morgan fingerprint density at radius 3 is 2.82 bits per heavy atom. The molecular weight excluding hydrogens is 246 g/mol. The fourth-order valence-electron chi connectivity index (χ4n) is 1.08. The lowest BCUT2D eigenvalue weighted by molar-refractivity contribution is -0.138. The number of hydrogen-bond acceptors (Lipinski definition) is 4. The van der Waals surface area contributed by atoms with Crippen LogP contribution in [-0.4, -0.2) is 35.5 Å². The number of sulfonamides is 1. The quantitative estimate of drug-likeness (QED) is 0.614. The molecule has 8 heteroatoms. The van der Waals surface area contributed by atoms with Crippen LogP contribution >= 0.6 is 0 Å². The molecule has 1 rings (SSSR count). The Hall–Kier alpha value is -1.85. The van der Waals surface area contributed by atoms with Crippen LogP contribution in [0.25, 0.3) is 0 Å². The van der Waals surface area contributed by atoms with E-state index >= 15 is 0 Å². The molecule has 0 aliphatic rings. The Morgan fingerprint density at radius 2 is 2.41 bits per heavy atom. The van der Waals surface area contributed by atoms with E-state index in [0.29, 0.717) is 5.82 Å². The van der Waals surface area contributed by atoms with Gasteiger partial charge in [0.05, 0.1) is 6.20 Å². The molecule has 7 nitrogen and oxygen atoms in total. The minimum Gasteiger partial charge on any atom is -0.480 e. The monoisotopic (exact) mass is 257 g/mol. The number of nitrogens with zero attached hydrogens (tertiary/aromatic N) is 1. The zero-order valence-electron chi connectivity index (χ0n) is 8.97. The third-order valence-corrected chi connectivity index (χ3v) is 3.27. The smallest absolute Gasteiger partial charge is 0.322 e. The fraction of sp³-hybridized carbons (Fsp3) is 0.333. The van der Waals surface area contributed by atoms with Gasteiger partial charge in [-0.15, -0.1) is 12.3 Å². The summed E-state index contributed by atoms with van der Waals surface area (Å²) in [5.74, 6) is 1.18. The highest BCUT2D eigenvalue weighted by atomic mass is 32.2. The van der Waals surface area contributed by atoms with Gasteiger partial charge < -0.3 is 10.1 Å². The maximum Gasteiger partial charge on any atom is 0.322 e. The molecule has 0 radical (unpaired) electrons. The number of carboxylic acid groups (broad SMARTS) is 1. The summed E-state index contributed by atoms with van der Waals surface area (Å²) in [4.78, 5) is 17.0. The van der Waals surface area contributed by atoms with Gasteiger partial charge in [-0.3, -0.25) is 4.79 Å². The van der Waals surface area contributed by atoms with Gasteiger partial charge in [0.15, 0.2) is 5.03 Å². The predicted octanol–water partition coefficient (Wildman–Crippen LogP) is -0.527. The lowest BCUT2D eigenvalue weighted by Crippen LogP contribution is -2.40. The van der Waals surface area contributed by atoms with Crippen LogP contribution < -0.4 is 4.72 Å². The number of hydrogen-bond donors (Lipinski definition) is 3. The molecule has 0 amide bonds. The van der Waals surface area contributed by atoms with Gasteiger partial charge in [0.1, 0.15) is 11.9 Å². The maximum atomic E-state index is 11.7. The lowest BCUT2D eigenvalue weighted by Gasteiger charge is -2.10. The van der Waals surface area contributed by atoms with Crippen molar-refractivity contribution in [2.45, 2.75) is 24.4 Å². The van der Waals surface area contributed by atoms with Crippen molar-refractivity contribution in [2.75, 3.05) is 0 Å². The molecule has 1 aromatic rings. The molecule has 1 aromatic heterocycles. The number of rotatable bonds is 5. The van der Waals surface area contributed by atoms with Crippen LogP contribution in [-0.2, 0) is 14.8 Å². The van der Waals surface area contributed by atoms with Gasteiger partial charge in [-0.25, -0.2) is 13.4 Å². The molecule has 0 aliphatic heterocycles. The Kier molecular flexibility index (Phi) is 3.88. The van der Waals surface area contributed by atoms with Crippen molar-refractivity contribution in [1.29, 1.82) is 0 Å². The van der Waals surface area contributed by atoms with Gasteiger partial charge in [0, 0.05) is 6.42 Å². The van der Waals surface area contributed by atoms with E-state index in [1.165, 1.54) is 0 Å². The highest BCUT2D eigenvalue weighted by Gasteiger charge is 2.25. The minimum absolute atomic E-state index is 0.196. The molecule has 3 N–H and O–H groups in total. The van der Waals surface area contributed by atoms with Gasteiger partial charge >= 0.3 is 5.97 Å². The second-order valence-electron chi connectivity index (χ2n) is 3.25. The molecule has 0 aliphatic carbocycles. The fourth-order valence-corrected chi connectivity index (χ4v) is 2.24. The first-order chi connectivity index (χ1) is 7.86. The molecule has 1 unspecified atom stereocenters. The summed E-state index contributed by atoms with van der Waals surface area (Å²) in [6.07, 6.45) is 5.83. The van der Waals surface area contributed by atoms with Crippen molar-refractivity contribution in [3.8, 4) is 12.3 Å². The zero-order valence-corrected chi connectivity index (χ0v) is 9.78. The van der Waals surface area contributed by atoms with Crippen molar-refractivity contribution in [3.05, 3.63) is 12.0 Å². The molecule has 0 aromatic carbocycles. The van der Waals surface area contributed by atoms with Gasteiger partial charge in [-0.05, 0) is 6.92 Å². The summed E-state index contributed by atoms with van der Waals surface area (Å²) in [5.41, 5.74) is 0. The van der Waals surface area contributed by atoms with Gasteiger partial charge in [-0.2, -0.15) is 4.72 Å². The van der Waals surface area contributed by atoms with E-state index in [0.717, 1.165) is 6.20 Å². The highest BCUT2D eigenvalue weighted by molar-refractivity contribution is 7.89. The number of terminal acetylenes is 1. The van der Waals surface area contributed by atoms with Crippen molar-refractivity contribution >= 4 is 16.0 Å². The van der Waals surface area contributed by atoms with Gasteiger partial charge in [0.2, 0.25) is 0 Å². The van der Waals surface area contributed by atoms with Crippen LogP contribution in [0, 0.1) is 19.3 Å². The average molecular weight is 257 g/mol. The van der Waals surface area contributed by atoms with E-state index in [4.69, 9.17) is 11.5 Å². The second kappa shape index (κ2) is 4.99. The summed E-state index contributed by atoms with van der Waals surface area (Å²) >= 11 is 0. The topological polar surface area (TPSA) is 112 Å². The van der Waals surface area contributed by atoms with Gasteiger partial charge in [0.25, 0.3) is 10.0 Å². The molecule has 1 heterocycles. The Bertz CT molecular complexity index is 555. The van der Waals surface area contributed by atoms with E-state index in [9.17, 15) is 13.2 Å². The first kappa shape index (κ1) is 13.2. The zero-order chi connectivity index (χ0) is 13.1. The maximum absolute atomic E-state index is 11.7. The minimum atomic E-state index is -3.95. The molecule has 0 spiro atoms. The number of nitrogens with one attached hydrogen (secondary N) is 2. The Morgan fingerprint density at radius 1 is 1.76 bits per heavy atom. The van der Waals surface area contributed by atoms with E-state index in [1.54, 1.807) is 6.92 Å². The number of carboxylic acids is 1. The number of aromatic nitrogens is 2. The second-order valence-corrected chi connectivity index (χ2v) is 4.94. The van der Waals surface area contributed by atoms with Crippen LogP contribution in [0.4, 0.5) is 0 Å². The van der Waals surface area contributed by atoms with Crippen LogP contribution in [0.1, 0.15) is 12.2 Å². The van der Waals surface area contributed by atoms with Crippen LogP contribution in [0.5, 0.6) is 0 Å². The average Bonchev–Trinajstić information content (AvgIpc) is 2.64. The summed E-state index contributed by atoms with van der Waals surface area (Å²) in [6, 6.07) is -1.35. The number of imidazole rings is 1. The number of aromatic amines is 1. The molecule has 1 atom stereocenters. The molecule has 0 saturated carbocycles. The largest absolute Gasteiger partial charge is 0.480 e. The number of carbonyl (C=O) groups is 1. The normalized spacial score (nSPS) is 12.9. The Labute approximate surface area is 98.3 Å². The number of aliphatic carboxylic acids is 1. The van der Waals surface area contributed by atoms with Crippen LogP contribution in [0.2, 0.25) is 0 Å². The predicted molar refractivity (Wildman–Crippen MR) is 58.5 cm³/mol. The van der Waals surface area contributed by atoms with Crippen LogP contribution in [0.15, 0.2) is 11.2 Å². The first-order valence-corrected chi connectivity index (χ1v) is 6.05. The third kappa shape index (κ3) is 3.30. The Balaban J connectivity index is 2.93. The SMILES string of the molecule is C#CCC(NS(=O)(=O)c1cnc(C)[nH]1)C(=O)O. The van der Waals surface area contributed by atoms with Crippen LogP contribution in [0.3, 0.4) is 0 Å². The van der Waals surface area contributed by atoms with E-state index in [2.05, 4.69) is 15.9 Å². The molecule has 92 valence electrons. The summed E-state index contributed by atoms with van der Waals surface area (Å²) in [7, 11) is -3.95.